The molecule has 2 N–H and O–H groups in total. The lowest BCUT2D eigenvalue weighted by atomic mass is 9.79. The maximum Gasteiger partial charge on any atom is 0.0309 e. The van der Waals surface area contributed by atoms with Crippen molar-refractivity contribution in [1.29, 1.82) is 0 Å². The Labute approximate surface area is 101 Å². The molecule has 0 radical (unpaired) electrons. The van der Waals surface area contributed by atoms with Gasteiger partial charge in [-0.25, -0.2) is 0 Å². The molecule has 2 saturated heterocycles. The van der Waals surface area contributed by atoms with Gasteiger partial charge in [0, 0.05) is 18.1 Å². The van der Waals surface area contributed by atoms with E-state index in [4.69, 9.17) is 0 Å². The molecular weight excluding hydrogens is 196 g/mol. The Morgan fingerprint density at radius 3 is 2.81 bits per heavy atom. The number of piperidine rings is 2. The molecule has 1 spiro atoms. The molecule has 2 rings (SSSR count). The second kappa shape index (κ2) is 6.02. The molecule has 2 heteroatoms. The van der Waals surface area contributed by atoms with Gasteiger partial charge in [-0.05, 0) is 38.6 Å². The number of nitrogens with one attached hydrogen (secondary N) is 2. The van der Waals surface area contributed by atoms with Crippen LogP contribution in [0.2, 0.25) is 0 Å². The van der Waals surface area contributed by atoms with Gasteiger partial charge in [0.15, 0.2) is 0 Å². The van der Waals surface area contributed by atoms with Crippen LogP contribution in [0.25, 0.3) is 0 Å². The van der Waals surface area contributed by atoms with E-state index in [0.717, 1.165) is 6.04 Å². The second-order valence-corrected chi connectivity index (χ2v) is 5.79. The molecule has 94 valence electrons. The summed E-state index contributed by atoms with van der Waals surface area (Å²) in [5.74, 6) is 0. The Hall–Kier alpha value is -0.0800. The van der Waals surface area contributed by atoms with Gasteiger partial charge >= 0.3 is 0 Å². The quantitative estimate of drug-likeness (QED) is 0.718. The normalized spacial score (nSPS) is 35.4. The first-order valence-corrected chi connectivity index (χ1v) is 7.33. The van der Waals surface area contributed by atoms with Crippen LogP contribution in [0.1, 0.15) is 64.7 Å². The summed E-state index contributed by atoms with van der Waals surface area (Å²) in [4.78, 5) is 0. The van der Waals surface area contributed by atoms with Gasteiger partial charge in [-0.2, -0.15) is 0 Å². The Kier molecular flexibility index (Phi) is 4.66. The highest BCUT2D eigenvalue weighted by Crippen LogP contribution is 2.29. The van der Waals surface area contributed by atoms with E-state index in [1.54, 1.807) is 0 Å². The van der Waals surface area contributed by atoms with E-state index < -0.39 is 0 Å². The van der Waals surface area contributed by atoms with Crippen molar-refractivity contribution < 1.29 is 0 Å². The first-order chi connectivity index (χ1) is 7.85. The minimum atomic E-state index is 0.466. The minimum Gasteiger partial charge on any atom is -0.315 e. The molecule has 2 aliphatic rings. The Morgan fingerprint density at radius 1 is 1.19 bits per heavy atom. The molecule has 2 nitrogen and oxygen atoms in total. The van der Waals surface area contributed by atoms with Crippen molar-refractivity contribution in [1.82, 2.24) is 10.6 Å². The second-order valence-electron chi connectivity index (χ2n) is 5.79. The van der Waals surface area contributed by atoms with Gasteiger partial charge in [0.1, 0.15) is 0 Å². The number of hydrogen-bond acceptors (Lipinski definition) is 2. The summed E-state index contributed by atoms with van der Waals surface area (Å²) in [6.07, 6.45) is 12.6. The number of hydrogen-bond donors (Lipinski definition) is 2. The summed E-state index contributed by atoms with van der Waals surface area (Å²) in [5.41, 5.74) is 0.466. The summed E-state index contributed by atoms with van der Waals surface area (Å²) in [5, 5.41) is 7.54. The summed E-state index contributed by atoms with van der Waals surface area (Å²) in [7, 11) is 0. The van der Waals surface area contributed by atoms with Gasteiger partial charge in [0.25, 0.3) is 0 Å². The van der Waals surface area contributed by atoms with Crippen molar-refractivity contribution in [2.75, 3.05) is 13.1 Å². The van der Waals surface area contributed by atoms with E-state index in [0.29, 0.717) is 5.54 Å². The third-order valence-corrected chi connectivity index (χ3v) is 4.35. The van der Waals surface area contributed by atoms with Crippen LogP contribution in [0.3, 0.4) is 0 Å². The third kappa shape index (κ3) is 3.21. The average molecular weight is 224 g/mol. The lowest BCUT2D eigenvalue weighted by molar-refractivity contribution is 0.158. The molecule has 16 heavy (non-hydrogen) atoms. The van der Waals surface area contributed by atoms with Crippen molar-refractivity contribution in [3.05, 3.63) is 0 Å². The van der Waals surface area contributed by atoms with Gasteiger partial charge in [-0.1, -0.05) is 32.6 Å². The topological polar surface area (TPSA) is 24.1 Å². The largest absolute Gasteiger partial charge is 0.315 e. The molecule has 0 aromatic carbocycles. The van der Waals surface area contributed by atoms with Crippen LogP contribution in [0, 0.1) is 0 Å². The summed E-state index contributed by atoms with van der Waals surface area (Å²) >= 11 is 0. The Morgan fingerprint density at radius 2 is 2.06 bits per heavy atom. The maximum absolute atomic E-state index is 3.97. The van der Waals surface area contributed by atoms with Crippen LogP contribution in [-0.2, 0) is 0 Å². The smallest absolute Gasteiger partial charge is 0.0309 e. The first-order valence-electron chi connectivity index (χ1n) is 7.33. The highest BCUT2D eigenvalue weighted by atomic mass is 15.1. The molecule has 0 unspecified atom stereocenters. The predicted octanol–water partition coefficient (Wildman–Crippen LogP) is 2.83. The monoisotopic (exact) mass is 224 g/mol. The minimum absolute atomic E-state index is 0.466. The van der Waals surface area contributed by atoms with E-state index in [1.807, 2.05) is 0 Å². The zero-order chi connectivity index (χ0) is 11.3. The van der Waals surface area contributed by atoms with Gasteiger partial charge < -0.3 is 10.6 Å². The fourth-order valence-electron chi connectivity index (χ4n) is 3.43. The van der Waals surface area contributed by atoms with Crippen molar-refractivity contribution in [3.63, 3.8) is 0 Å². The molecule has 2 atom stereocenters. The number of unbranched alkanes of at least 4 members (excludes halogenated alkanes) is 2. The first kappa shape index (κ1) is 12.4. The Bertz CT molecular complexity index is 191. The van der Waals surface area contributed by atoms with Gasteiger partial charge in [-0.15, -0.1) is 0 Å². The lowest BCUT2D eigenvalue weighted by Crippen LogP contribution is -2.60. The van der Waals surface area contributed by atoms with Crippen LogP contribution in [0.5, 0.6) is 0 Å². The van der Waals surface area contributed by atoms with E-state index >= 15 is 0 Å². The van der Waals surface area contributed by atoms with Gasteiger partial charge in [0.05, 0.1) is 0 Å². The van der Waals surface area contributed by atoms with Crippen LogP contribution in [0.15, 0.2) is 0 Å². The zero-order valence-electron chi connectivity index (χ0n) is 10.9. The summed E-state index contributed by atoms with van der Waals surface area (Å²) in [6.45, 7) is 4.72. The molecule has 2 heterocycles. The standard InChI is InChI=1S/C14H28N2/c1-2-3-4-7-13-8-5-9-14(16-13)10-6-11-15-12-14/h13,15-16H,2-12H2,1H3/t13-,14+/m0/s1. The fourth-order valence-corrected chi connectivity index (χ4v) is 3.43. The van der Waals surface area contributed by atoms with Gasteiger partial charge in [0.2, 0.25) is 0 Å². The SMILES string of the molecule is CCCCC[C@H]1CCC[C@]2(CCCNC2)N1. The zero-order valence-corrected chi connectivity index (χ0v) is 10.9. The molecule has 0 aromatic heterocycles. The van der Waals surface area contributed by atoms with Crippen LogP contribution < -0.4 is 10.6 Å². The Balaban J connectivity index is 1.78. The summed E-state index contributed by atoms with van der Waals surface area (Å²) in [6, 6.07) is 0.806. The molecular formula is C14H28N2. The van der Waals surface area contributed by atoms with Crippen molar-refractivity contribution in [3.8, 4) is 0 Å². The molecule has 2 aliphatic heterocycles. The van der Waals surface area contributed by atoms with Crippen molar-refractivity contribution in [2.24, 2.45) is 0 Å². The average Bonchev–Trinajstić information content (AvgIpc) is 2.31. The summed E-state index contributed by atoms with van der Waals surface area (Å²) < 4.78 is 0. The van der Waals surface area contributed by atoms with E-state index in [9.17, 15) is 0 Å². The highest BCUT2D eigenvalue weighted by molar-refractivity contribution is 4.98. The molecule has 2 fully saturated rings. The molecule has 0 aromatic rings. The molecule has 0 bridgehead atoms. The predicted molar refractivity (Wildman–Crippen MR) is 69.8 cm³/mol. The highest BCUT2D eigenvalue weighted by Gasteiger charge is 2.36. The van der Waals surface area contributed by atoms with Crippen LogP contribution >= 0.6 is 0 Å². The molecule has 0 saturated carbocycles. The lowest BCUT2D eigenvalue weighted by Gasteiger charge is -2.45. The maximum atomic E-state index is 3.97. The third-order valence-electron chi connectivity index (χ3n) is 4.35. The van der Waals surface area contributed by atoms with E-state index in [2.05, 4.69) is 17.6 Å². The van der Waals surface area contributed by atoms with Crippen LogP contribution in [-0.4, -0.2) is 24.7 Å². The van der Waals surface area contributed by atoms with Crippen LogP contribution in [0.4, 0.5) is 0 Å². The van der Waals surface area contributed by atoms with E-state index in [1.165, 1.54) is 70.9 Å². The van der Waals surface area contributed by atoms with Crippen molar-refractivity contribution >= 4 is 0 Å². The molecule has 0 amide bonds. The fraction of sp³-hybridized carbons (Fsp3) is 1.00. The van der Waals surface area contributed by atoms with E-state index in [-0.39, 0.29) is 0 Å². The van der Waals surface area contributed by atoms with Crippen molar-refractivity contribution in [2.45, 2.75) is 76.3 Å². The van der Waals surface area contributed by atoms with Gasteiger partial charge in [-0.3, -0.25) is 0 Å². The number of rotatable bonds is 4. The molecule has 0 aliphatic carbocycles.